The standard InChI is InChI=1S/C32H43F5O/c1-2-3-4-23-7-13-26(14-8-23)27-15-19-29(20-16-27)32(36,37)38-30-21-11-25(12-22-30)6-5-24-9-17-28(18-10-24)31(33,34)35/h2,9-10,13,17-18,23,25,27,29-30H,1,3-8,11-12,14-16,19-22H2. The smallest absolute Gasteiger partial charge is 0.317 e. The molecular formula is C32H43F5O. The number of halogens is 5. The van der Waals surface area contributed by atoms with Crippen LogP contribution >= 0.6 is 0 Å². The predicted molar refractivity (Wildman–Crippen MR) is 142 cm³/mol. The van der Waals surface area contributed by atoms with Crippen molar-refractivity contribution in [2.24, 2.45) is 23.7 Å². The van der Waals surface area contributed by atoms with E-state index in [1.54, 1.807) is 12.1 Å². The van der Waals surface area contributed by atoms with Crippen molar-refractivity contribution in [2.75, 3.05) is 0 Å². The minimum absolute atomic E-state index is 0.404. The first kappa shape index (κ1) is 29.3. The highest BCUT2D eigenvalue weighted by Crippen LogP contribution is 2.45. The van der Waals surface area contributed by atoms with E-state index in [9.17, 15) is 13.2 Å². The number of aryl methyl sites for hydroxylation is 1. The summed E-state index contributed by atoms with van der Waals surface area (Å²) >= 11 is 0. The van der Waals surface area contributed by atoms with Gasteiger partial charge in [0.1, 0.15) is 0 Å². The highest BCUT2D eigenvalue weighted by molar-refractivity contribution is 5.24. The van der Waals surface area contributed by atoms with Gasteiger partial charge in [-0.05, 0) is 132 Å². The van der Waals surface area contributed by atoms with Gasteiger partial charge in [-0.3, -0.25) is 0 Å². The molecule has 0 aliphatic heterocycles. The molecule has 1 unspecified atom stereocenters. The van der Waals surface area contributed by atoms with E-state index in [0.29, 0.717) is 43.9 Å². The third-order valence-corrected chi connectivity index (χ3v) is 9.30. The van der Waals surface area contributed by atoms with Gasteiger partial charge in [-0.2, -0.15) is 22.0 Å². The molecule has 1 nitrogen and oxygen atoms in total. The quantitative estimate of drug-likeness (QED) is 0.213. The van der Waals surface area contributed by atoms with Crippen LogP contribution in [0.4, 0.5) is 22.0 Å². The molecule has 2 saturated carbocycles. The summed E-state index contributed by atoms with van der Waals surface area (Å²) in [5.74, 6) is 0.912. The molecule has 4 rings (SSSR count). The van der Waals surface area contributed by atoms with Crippen molar-refractivity contribution in [3.8, 4) is 0 Å². The molecule has 0 heterocycles. The highest BCUT2D eigenvalue weighted by Gasteiger charge is 2.45. The number of benzene rings is 1. The van der Waals surface area contributed by atoms with Gasteiger partial charge < -0.3 is 4.74 Å². The fourth-order valence-electron chi connectivity index (χ4n) is 6.78. The van der Waals surface area contributed by atoms with E-state index >= 15 is 8.78 Å². The van der Waals surface area contributed by atoms with Gasteiger partial charge in [-0.1, -0.05) is 29.9 Å². The maximum absolute atomic E-state index is 15.1. The van der Waals surface area contributed by atoms with E-state index in [4.69, 9.17) is 4.74 Å². The molecule has 0 bridgehead atoms. The SMILES string of the molecule is C=CCCC1CC=C(C2CCC(C(F)(F)OC3CCC(CCc4ccc(C(F)(F)F)cc4)CC3)CC2)CC1. The van der Waals surface area contributed by atoms with E-state index in [-0.39, 0.29) is 0 Å². The number of hydrogen-bond donors (Lipinski definition) is 0. The Kier molecular flexibility index (Phi) is 10.1. The second-order valence-electron chi connectivity index (χ2n) is 11.9. The molecule has 0 N–H and O–H groups in total. The summed E-state index contributed by atoms with van der Waals surface area (Å²) in [5, 5.41) is 0. The van der Waals surface area contributed by atoms with Crippen molar-refractivity contribution >= 4 is 0 Å². The lowest BCUT2D eigenvalue weighted by atomic mass is 9.73. The Bertz CT molecular complexity index is 903. The fourth-order valence-corrected chi connectivity index (χ4v) is 6.78. The number of hydrogen-bond acceptors (Lipinski definition) is 1. The molecule has 1 aromatic carbocycles. The van der Waals surface area contributed by atoms with E-state index in [2.05, 4.69) is 12.7 Å². The zero-order valence-electron chi connectivity index (χ0n) is 22.5. The highest BCUT2D eigenvalue weighted by atomic mass is 19.4. The third kappa shape index (κ3) is 8.16. The molecular weight excluding hydrogens is 495 g/mol. The van der Waals surface area contributed by atoms with E-state index in [1.165, 1.54) is 18.4 Å². The normalized spacial score (nSPS) is 29.1. The molecule has 1 atom stereocenters. The van der Waals surface area contributed by atoms with Gasteiger partial charge >= 0.3 is 12.3 Å². The molecule has 6 heteroatoms. The molecule has 0 amide bonds. The van der Waals surface area contributed by atoms with Crippen LogP contribution in [-0.4, -0.2) is 12.2 Å². The lowest BCUT2D eigenvalue weighted by molar-refractivity contribution is -0.301. The Balaban J connectivity index is 1.15. The summed E-state index contributed by atoms with van der Waals surface area (Å²) in [6.45, 7) is 3.81. The van der Waals surface area contributed by atoms with E-state index < -0.39 is 29.9 Å². The van der Waals surface area contributed by atoms with Crippen molar-refractivity contribution < 1.29 is 26.7 Å². The van der Waals surface area contributed by atoms with Gasteiger partial charge in [-0.25, -0.2) is 0 Å². The van der Waals surface area contributed by atoms with E-state index in [0.717, 1.165) is 75.0 Å². The molecule has 2 fully saturated rings. The van der Waals surface area contributed by atoms with Crippen LogP contribution < -0.4 is 0 Å². The molecule has 0 radical (unpaired) electrons. The number of ether oxygens (including phenoxy) is 1. The van der Waals surface area contributed by atoms with Gasteiger partial charge in [0.15, 0.2) is 0 Å². The summed E-state index contributed by atoms with van der Waals surface area (Å²) in [5.41, 5.74) is 1.75. The molecule has 0 saturated heterocycles. The Labute approximate surface area is 224 Å². The Hall–Kier alpha value is -1.69. The van der Waals surface area contributed by atoms with Gasteiger partial charge in [0.05, 0.1) is 17.6 Å². The van der Waals surface area contributed by atoms with Crippen LogP contribution in [0.1, 0.15) is 101 Å². The summed E-state index contributed by atoms with van der Waals surface area (Å²) < 4.78 is 73.8. The van der Waals surface area contributed by atoms with Crippen LogP contribution in [0, 0.1) is 23.7 Å². The molecule has 0 spiro atoms. The van der Waals surface area contributed by atoms with Crippen LogP contribution in [0.5, 0.6) is 0 Å². The maximum Gasteiger partial charge on any atom is 0.416 e. The van der Waals surface area contributed by atoms with Crippen molar-refractivity contribution in [1.29, 1.82) is 0 Å². The Morgan fingerprint density at radius 3 is 2.08 bits per heavy atom. The molecule has 0 aromatic heterocycles. The minimum Gasteiger partial charge on any atom is -0.317 e. The monoisotopic (exact) mass is 538 g/mol. The average Bonchev–Trinajstić information content (AvgIpc) is 2.91. The first-order valence-corrected chi connectivity index (χ1v) is 14.7. The summed E-state index contributed by atoms with van der Waals surface area (Å²) in [4.78, 5) is 0. The number of allylic oxidation sites excluding steroid dienone is 3. The summed E-state index contributed by atoms with van der Waals surface area (Å²) in [6.07, 6.45) is 9.52. The first-order valence-electron chi connectivity index (χ1n) is 14.7. The lowest BCUT2D eigenvalue weighted by Gasteiger charge is -2.38. The molecule has 1 aromatic rings. The van der Waals surface area contributed by atoms with Crippen LogP contribution in [0.25, 0.3) is 0 Å². The largest absolute Gasteiger partial charge is 0.416 e. The number of rotatable bonds is 10. The van der Waals surface area contributed by atoms with Gasteiger partial charge in [0.25, 0.3) is 0 Å². The minimum atomic E-state index is -4.32. The molecule has 3 aliphatic rings. The van der Waals surface area contributed by atoms with Crippen molar-refractivity contribution in [3.05, 3.63) is 59.7 Å². The molecule has 3 aliphatic carbocycles. The van der Waals surface area contributed by atoms with Gasteiger partial charge in [-0.15, -0.1) is 6.58 Å². The zero-order chi connectivity index (χ0) is 27.2. The van der Waals surface area contributed by atoms with Crippen molar-refractivity contribution in [3.63, 3.8) is 0 Å². The topological polar surface area (TPSA) is 9.23 Å². The number of alkyl halides is 5. The molecule has 38 heavy (non-hydrogen) atoms. The fraction of sp³-hybridized carbons (Fsp3) is 0.688. The third-order valence-electron chi connectivity index (χ3n) is 9.30. The van der Waals surface area contributed by atoms with Crippen LogP contribution in [-0.2, 0) is 17.3 Å². The van der Waals surface area contributed by atoms with Crippen LogP contribution in [0.15, 0.2) is 48.6 Å². The average molecular weight is 539 g/mol. The zero-order valence-corrected chi connectivity index (χ0v) is 22.5. The van der Waals surface area contributed by atoms with Crippen LogP contribution in [0.3, 0.4) is 0 Å². The Morgan fingerprint density at radius 1 is 0.816 bits per heavy atom. The van der Waals surface area contributed by atoms with Crippen molar-refractivity contribution in [1.82, 2.24) is 0 Å². The maximum atomic E-state index is 15.1. The van der Waals surface area contributed by atoms with Crippen molar-refractivity contribution in [2.45, 2.75) is 115 Å². The second kappa shape index (κ2) is 13.1. The molecule has 212 valence electrons. The second-order valence-corrected chi connectivity index (χ2v) is 11.9. The van der Waals surface area contributed by atoms with Crippen LogP contribution in [0.2, 0.25) is 0 Å². The lowest BCUT2D eigenvalue weighted by Crippen LogP contribution is -2.39. The van der Waals surface area contributed by atoms with Gasteiger partial charge in [0.2, 0.25) is 0 Å². The summed E-state index contributed by atoms with van der Waals surface area (Å²) in [6, 6.07) is 5.34. The predicted octanol–water partition coefficient (Wildman–Crippen LogP) is 10.3. The summed E-state index contributed by atoms with van der Waals surface area (Å²) in [7, 11) is 0. The van der Waals surface area contributed by atoms with E-state index in [1.807, 2.05) is 6.08 Å². The van der Waals surface area contributed by atoms with Gasteiger partial charge in [0, 0.05) is 0 Å². The Morgan fingerprint density at radius 2 is 1.50 bits per heavy atom. The first-order chi connectivity index (χ1) is 18.1.